The Morgan fingerprint density at radius 2 is 2.13 bits per heavy atom. The van der Waals surface area contributed by atoms with Gasteiger partial charge in [0.15, 0.2) is 0 Å². The lowest BCUT2D eigenvalue weighted by Gasteiger charge is -2.45. The molecule has 2 aliphatic rings. The minimum Gasteiger partial charge on any atom is -0.389 e. The molecule has 1 aromatic carbocycles. The van der Waals surface area contributed by atoms with Gasteiger partial charge < -0.3 is 14.7 Å². The van der Waals surface area contributed by atoms with Gasteiger partial charge in [0.2, 0.25) is 0 Å². The van der Waals surface area contributed by atoms with Gasteiger partial charge in [-0.3, -0.25) is 10.00 Å². The quantitative estimate of drug-likeness (QED) is 0.870. The number of aliphatic hydroxyl groups is 1. The molecule has 23 heavy (non-hydrogen) atoms. The van der Waals surface area contributed by atoms with Crippen LogP contribution in [-0.4, -0.2) is 71.2 Å². The highest BCUT2D eigenvalue weighted by Crippen LogP contribution is 2.33. The number of anilines is 1. The first-order chi connectivity index (χ1) is 11.1. The molecule has 0 saturated carbocycles. The Bertz CT molecular complexity index is 713. The average Bonchev–Trinajstić information content (AvgIpc) is 3.14. The number of nitrogens with one attached hydrogen (secondary N) is 1. The predicted octanol–water partition coefficient (Wildman–Crippen LogP) is 1.49. The molecule has 0 unspecified atom stereocenters. The largest absolute Gasteiger partial charge is 0.389 e. The molecule has 124 valence electrons. The minimum atomic E-state index is -0.418. The Balaban J connectivity index is 1.51. The van der Waals surface area contributed by atoms with Crippen molar-refractivity contribution < 1.29 is 9.84 Å². The first-order valence-corrected chi connectivity index (χ1v) is 8.34. The molecule has 0 amide bonds. The summed E-state index contributed by atoms with van der Waals surface area (Å²) in [5, 5.41) is 19.0. The number of hydrogen-bond donors (Lipinski definition) is 2. The zero-order chi connectivity index (χ0) is 16.0. The van der Waals surface area contributed by atoms with Crippen LogP contribution in [0.15, 0.2) is 18.3 Å². The van der Waals surface area contributed by atoms with Gasteiger partial charge in [-0.05, 0) is 19.1 Å². The van der Waals surface area contributed by atoms with Crippen LogP contribution in [0.2, 0.25) is 5.02 Å². The monoisotopic (exact) mass is 336 g/mol. The molecular formula is C16H21ClN4O2. The van der Waals surface area contributed by atoms with Gasteiger partial charge in [-0.1, -0.05) is 11.6 Å². The number of halogens is 1. The normalized spacial score (nSPS) is 29.5. The van der Waals surface area contributed by atoms with Crippen LogP contribution in [0, 0.1) is 0 Å². The van der Waals surface area contributed by atoms with E-state index in [4.69, 9.17) is 16.3 Å². The van der Waals surface area contributed by atoms with Gasteiger partial charge in [-0.15, -0.1) is 0 Å². The predicted molar refractivity (Wildman–Crippen MR) is 90.1 cm³/mol. The highest BCUT2D eigenvalue weighted by molar-refractivity contribution is 6.34. The Morgan fingerprint density at radius 3 is 2.83 bits per heavy atom. The van der Waals surface area contributed by atoms with Crippen molar-refractivity contribution >= 4 is 28.2 Å². The molecule has 1 aromatic heterocycles. The van der Waals surface area contributed by atoms with Crippen molar-refractivity contribution in [3.8, 4) is 0 Å². The molecule has 0 radical (unpaired) electrons. The van der Waals surface area contributed by atoms with Gasteiger partial charge in [0, 0.05) is 31.6 Å². The summed E-state index contributed by atoms with van der Waals surface area (Å²) < 4.78 is 5.46. The SMILES string of the molecule is C[C@]1(N2CCN(c3cc4[nH]ncc4cc3Cl)CC2)COC[C@H]1O. The van der Waals surface area contributed by atoms with Gasteiger partial charge in [-0.2, -0.15) is 5.10 Å². The molecule has 7 heteroatoms. The molecule has 3 heterocycles. The number of benzene rings is 1. The summed E-state index contributed by atoms with van der Waals surface area (Å²) in [6, 6.07) is 4.02. The van der Waals surface area contributed by atoms with E-state index in [0.717, 1.165) is 47.8 Å². The maximum absolute atomic E-state index is 10.2. The van der Waals surface area contributed by atoms with Crippen LogP contribution in [0.25, 0.3) is 10.9 Å². The zero-order valence-electron chi connectivity index (χ0n) is 13.1. The van der Waals surface area contributed by atoms with Gasteiger partial charge in [0.25, 0.3) is 0 Å². The molecule has 6 nitrogen and oxygen atoms in total. The van der Waals surface area contributed by atoms with Crippen molar-refractivity contribution in [3.63, 3.8) is 0 Å². The molecule has 2 aromatic rings. The van der Waals surface area contributed by atoms with E-state index < -0.39 is 6.10 Å². The summed E-state index contributed by atoms with van der Waals surface area (Å²) in [6.07, 6.45) is 1.37. The number of rotatable bonds is 2. The van der Waals surface area contributed by atoms with E-state index in [1.807, 2.05) is 6.07 Å². The van der Waals surface area contributed by atoms with Crippen molar-refractivity contribution in [1.82, 2.24) is 15.1 Å². The van der Waals surface area contributed by atoms with E-state index in [9.17, 15) is 5.11 Å². The summed E-state index contributed by atoms with van der Waals surface area (Å²) in [6.45, 7) is 6.63. The number of aliphatic hydroxyl groups excluding tert-OH is 1. The lowest BCUT2D eigenvalue weighted by atomic mass is 9.95. The van der Waals surface area contributed by atoms with E-state index in [1.165, 1.54) is 0 Å². The molecule has 2 atom stereocenters. The topological polar surface area (TPSA) is 64.6 Å². The second-order valence-corrected chi connectivity index (χ2v) is 7.03. The Kier molecular flexibility index (Phi) is 3.72. The number of fused-ring (bicyclic) bond motifs is 1. The van der Waals surface area contributed by atoms with Crippen LogP contribution < -0.4 is 4.90 Å². The summed E-state index contributed by atoms with van der Waals surface area (Å²) >= 11 is 6.45. The summed E-state index contributed by atoms with van der Waals surface area (Å²) in [5.74, 6) is 0. The first kappa shape index (κ1) is 15.2. The third kappa shape index (κ3) is 2.50. The maximum Gasteiger partial charge on any atom is 0.0976 e. The fraction of sp³-hybridized carbons (Fsp3) is 0.562. The fourth-order valence-electron chi connectivity index (χ4n) is 3.61. The minimum absolute atomic E-state index is 0.275. The van der Waals surface area contributed by atoms with Gasteiger partial charge in [-0.25, -0.2) is 0 Å². The molecule has 0 spiro atoms. The van der Waals surface area contributed by atoms with Crippen LogP contribution in [0.5, 0.6) is 0 Å². The van der Waals surface area contributed by atoms with Crippen molar-refractivity contribution in [2.75, 3.05) is 44.3 Å². The maximum atomic E-state index is 10.2. The molecule has 2 aliphatic heterocycles. The van der Waals surface area contributed by atoms with Crippen molar-refractivity contribution in [1.29, 1.82) is 0 Å². The first-order valence-electron chi connectivity index (χ1n) is 7.96. The van der Waals surface area contributed by atoms with Crippen LogP contribution in [0.1, 0.15) is 6.92 Å². The van der Waals surface area contributed by atoms with Crippen LogP contribution >= 0.6 is 11.6 Å². The van der Waals surface area contributed by atoms with Crippen LogP contribution in [0.4, 0.5) is 5.69 Å². The van der Waals surface area contributed by atoms with Gasteiger partial charge in [0.05, 0.1) is 47.3 Å². The molecular weight excluding hydrogens is 316 g/mol. The second-order valence-electron chi connectivity index (χ2n) is 6.62. The standard InChI is InChI=1S/C16H21ClN4O2/c1-16(10-23-9-15(16)22)21-4-2-20(3-5-21)14-7-13-11(6-12(14)17)8-18-19-13/h6-8,15,22H,2-5,9-10H2,1H3,(H,18,19)/t15-,16+/m1/s1. The fourth-order valence-corrected chi connectivity index (χ4v) is 3.90. The zero-order valence-corrected chi connectivity index (χ0v) is 13.9. The van der Waals surface area contributed by atoms with Crippen molar-refractivity contribution in [2.45, 2.75) is 18.6 Å². The van der Waals surface area contributed by atoms with E-state index in [2.05, 4.69) is 33.0 Å². The summed E-state index contributed by atoms with van der Waals surface area (Å²) in [7, 11) is 0. The molecule has 2 N–H and O–H groups in total. The summed E-state index contributed by atoms with van der Waals surface area (Å²) in [4.78, 5) is 4.63. The third-order valence-corrected chi connectivity index (χ3v) is 5.54. The van der Waals surface area contributed by atoms with Crippen molar-refractivity contribution in [3.05, 3.63) is 23.4 Å². The number of nitrogens with zero attached hydrogens (tertiary/aromatic N) is 3. The molecule has 0 aliphatic carbocycles. The third-order valence-electron chi connectivity index (χ3n) is 5.24. The molecule has 4 rings (SSSR count). The van der Waals surface area contributed by atoms with Crippen LogP contribution in [0.3, 0.4) is 0 Å². The number of hydrogen-bond acceptors (Lipinski definition) is 5. The van der Waals surface area contributed by atoms with Gasteiger partial charge in [0.1, 0.15) is 0 Å². The Hall–Kier alpha value is -1.34. The Morgan fingerprint density at radius 1 is 1.35 bits per heavy atom. The average molecular weight is 337 g/mol. The van der Waals surface area contributed by atoms with E-state index >= 15 is 0 Å². The lowest BCUT2D eigenvalue weighted by molar-refractivity contribution is 0.00884. The number of H-pyrrole nitrogens is 1. The molecule has 2 fully saturated rings. The molecule has 0 bridgehead atoms. The van der Waals surface area contributed by atoms with Crippen LogP contribution in [-0.2, 0) is 4.74 Å². The molecule has 2 saturated heterocycles. The van der Waals surface area contributed by atoms with Gasteiger partial charge >= 0.3 is 0 Å². The number of aromatic nitrogens is 2. The number of aromatic amines is 1. The number of piperazine rings is 1. The van der Waals surface area contributed by atoms with Crippen molar-refractivity contribution in [2.24, 2.45) is 0 Å². The second kappa shape index (κ2) is 5.63. The summed E-state index contributed by atoms with van der Waals surface area (Å²) in [5.41, 5.74) is 1.76. The lowest BCUT2D eigenvalue weighted by Crippen LogP contribution is -2.60. The van der Waals surface area contributed by atoms with E-state index in [0.29, 0.717) is 13.2 Å². The van der Waals surface area contributed by atoms with E-state index in [1.54, 1.807) is 6.20 Å². The van der Waals surface area contributed by atoms with E-state index in [-0.39, 0.29) is 5.54 Å². The number of ether oxygens (including phenoxy) is 1. The smallest absolute Gasteiger partial charge is 0.0976 e. The highest BCUT2D eigenvalue weighted by Gasteiger charge is 2.44. The Labute approximate surface area is 140 Å². The highest BCUT2D eigenvalue weighted by atomic mass is 35.5.